The molecule has 0 saturated heterocycles. The average molecular weight is 227 g/mol. The molecular weight excluding hydrogens is 202 g/mol. The van der Waals surface area contributed by atoms with Gasteiger partial charge in [0.05, 0.1) is 6.61 Å². The topological polar surface area (TPSA) is 29.5 Å². The molecule has 1 aliphatic rings. The Morgan fingerprint density at radius 3 is 2.94 bits per heavy atom. The first-order valence-electron chi connectivity index (χ1n) is 6.42. The number of ether oxygens (including phenoxy) is 1. The Bertz CT molecular complexity index is 218. The molecule has 1 rings (SSSR count). The summed E-state index contributed by atoms with van der Waals surface area (Å²) in [5.74, 6) is 1.43. The monoisotopic (exact) mass is 227 g/mol. The van der Waals surface area contributed by atoms with Gasteiger partial charge in [-0.15, -0.1) is 0 Å². The van der Waals surface area contributed by atoms with E-state index in [0.717, 1.165) is 45.6 Å². The summed E-state index contributed by atoms with van der Waals surface area (Å²) in [5, 5.41) is 0. The van der Waals surface area contributed by atoms with Gasteiger partial charge in [-0.05, 0) is 32.7 Å². The van der Waals surface area contributed by atoms with Crippen LogP contribution in [-0.2, 0) is 9.53 Å². The average Bonchev–Trinajstić information content (AvgIpc) is 2.24. The van der Waals surface area contributed by atoms with Gasteiger partial charge in [0, 0.05) is 32.0 Å². The molecular formula is C13H25NO2. The molecule has 1 saturated carbocycles. The van der Waals surface area contributed by atoms with E-state index >= 15 is 0 Å². The normalized spacial score (nSPS) is 26.4. The molecule has 0 spiro atoms. The molecule has 2 atom stereocenters. The lowest BCUT2D eigenvalue weighted by atomic mass is 9.81. The first-order valence-corrected chi connectivity index (χ1v) is 6.42. The van der Waals surface area contributed by atoms with Gasteiger partial charge in [-0.1, -0.05) is 6.92 Å². The Hall–Kier alpha value is -0.410. The van der Waals surface area contributed by atoms with Crippen molar-refractivity contribution in [3.05, 3.63) is 0 Å². The standard InChI is InChI=1S/C13H25NO2/c1-4-16-8-7-14(3)10-12-9-11(2)5-6-13(12)15/h11-12H,4-10H2,1-3H3. The van der Waals surface area contributed by atoms with Crippen LogP contribution in [0.1, 0.15) is 33.1 Å². The molecule has 0 aromatic heterocycles. The van der Waals surface area contributed by atoms with E-state index in [1.807, 2.05) is 6.92 Å². The lowest BCUT2D eigenvalue weighted by Gasteiger charge is -2.29. The number of likely N-dealkylation sites (N-methyl/N-ethyl adjacent to an activating group) is 1. The maximum absolute atomic E-state index is 11.7. The molecule has 3 heteroatoms. The SMILES string of the molecule is CCOCCN(C)CC1CC(C)CCC1=O. The van der Waals surface area contributed by atoms with Gasteiger partial charge in [0.1, 0.15) is 5.78 Å². The van der Waals surface area contributed by atoms with E-state index in [2.05, 4.69) is 18.9 Å². The molecule has 0 radical (unpaired) electrons. The highest BCUT2D eigenvalue weighted by atomic mass is 16.5. The summed E-state index contributed by atoms with van der Waals surface area (Å²) < 4.78 is 5.31. The zero-order chi connectivity index (χ0) is 12.0. The Labute approximate surface area is 99.1 Å². The number of carbonyl (C=O) groups excluding carboxylic acids is 1. The van der Waals surface area contributed by atoms with Gasteiger partial charge in [0.2, 0.25) is 0 Å². The fraction of sp³-hybridized carbons (Fsp3) is 0.923. The van der Waals surface area contributed by atoms with E-state index in [1.165, 1.54) is 0 Å². The van der Waals surface area contributed by atoms with E-state index in [-0.39, 0.29) is 5.92 Å². The van der Waals surface area contributed by atoms with Gasteiger partial charge in [0.15, 0.2) is 0 Å². The highest BCUT2D eigenvalue weighted by molar-refractivity contribution is 5.81. The first kappa shape index (κ1) is 13.7. The Morgan fingerprint density at radius 1 is 1.50 bits per heavy atom. The van der Waals surface area contributed by atoms with Gasteiger partial charge in [-0.3, -0.25) is 4.79 Å². The minimum Gasteiger partial charge on any atom is -0.380 e. The predicted molar refractivity (Wildman–Crippen MR) is 65.5 cm³/mol. The van der Waals surface area contributed by atoms with Gasteiger partial charge in [0.25, 0.3) is 0 Å². The van der Waals surface area contributed by atoms with Crippen LogP contribution in [0.25, 0.3) is 0 Å². The quantitative estimate of drug-likeness (QED) is 0.650. The first-order chi connectivity index (χ1) is 7.63. The number of carbonyl (C=O) groups is 1. The third-order valence-corrected chi connectivity index (χ3v) is 3.38. The van der Waals surface area contributed by atoms with Crippen molar-refractivity contribution in [3.63, 3.8) is 0 Å². The minimum absolute atomic E-state index is 0.260. The summed E-state index contributed by atoms with van der Waals surface area (Å²) in [7, 11) is 2.07. The summed E-state index contributed by atoms with van der Waals surface area (Å²) in [6.45, 7) is 7.62. The maximum atomic E-state index is 11.7. The van der Waals surface area contributed by atoms with Crippen LogP contribution < -0.4 is 0 Å². The van der Waals surface area contributed by atoms with Gasteiger partial charge < -0.3 is 9.64 Å². The van der Waals surface area contributed by atoms with Crippen LogP contribution in [0, 0.1) is 11.8 Å². The van der Waals surface area contributed by atoms with Crippen LogP contribution in [0.3, 0.4) is 0 Å². The van der Waals surface area contributed by atoms with Crippen molar-refractivity contribution in [3.8, 4) is 0 Å². The molecule has 94 valence electrons. The van der Waals surface area contributed by atoms with E-state index in [1.54, 1.807) is 0 Å². The summed E-state index contributed by atoms with van der Waals surface area (Å²) >= 11 is 0. The molecule has 0 aromatic rings. The van der Waals surface area contributed by atoms with E-state index < -0.39 is 0 Å². The van der Waals surface area contributed by atoms with Crippen molar-refractivity contribution in [2.24, 2.45) is 11.8 Å². The van der Waals surface area contributed by atoms with Crippen LogP contribution in [0.4, 0.5) is 0 Å². The third kappa shape index (κ3) is 4.62. The lowest BCUT2D eigenvalue weighted by molar-refractivity contribution is -0.126. The van der Waals surface area contributed by atoms with Crippen LogP contribution in [0.15, 0.2) is 0 Å². The number of Topliss-reactive ketones (excluding diaryl/α,β-unsaturated/α-hetero) is 1. The molecule has 0 aliphatic heterocycles. The van der Waals surface area contributed by atoms with E-state index in [0.29, 0.717) is 11.7 Å². The second kappa shape index (κ2) is 7.02. The number of nitrogens with zero attached hydrogens (tertiary/aromatic N) is 1. The lowest BCUT2D eigenvalue weighted by Crippen LogP contribution is -2.35. The minimum atomic E-state index is 0.260. The summed E-state index contributed by atoms with van der Waals surface area (Å²) in [6.07, 6.45) is 2.93. The number of hydrogen-bond donors (Lipinski definition) is 0. The van der Waals surface area contributed by atoms with Crippen molar-refractivity contribution < 1.29 is 9.53 Å². The Morgan fingerprint density at radius 2 is 2.25 bits per heavy atom. The molecule has 0 amide bonds. The second-order valence-electron chi connectivity index (χ2n) is 5.00. The van der Waals surface area contributed by atoms with Crippen LogP contribution in [0.5, 0.6) is 0 Å². The predicted octanol–water partition coefficient (Wildman–Crippen LogP) is 1.96. The zero-order valence-corrected chi connectivity index (χ0v) is 10.9. The van der Waals surface area contributed by atoms with E-state index in [9.17, 15) is 4.79 Å². The summed E-state index contributed by atoms with van der Waals surface area (Å²) in [6, 6.07) is 0. The molecule has 0 aromatic carbocycles. The van der Waals surface area contributed by atoms with Gasteiger partial charge >= 0.3 is 0 Å². The number of hydrogen-bond acceptors (Lipinski definition) is 3. The molecule has 1 aliphatic carbocycles. The number of rotatable bonds is 6. The zero-order valence-electron chi connectivity index (χ0n) is 10.9. The van der Waals surface area contributed by atoms with Gasteiger partial charge in [-0.25, -0.2) is 0 Å². The Kier molecular flexibility index (Phi) is 5.99. The smallest absolute Gasteiger partial charge is 0.137 e. The largest absolute Gasteiger partial charge is 0.380 e. The summed E-state index contributed by atoms with van der Waals surface area (Å²) in [4.78, 5) is 14.0. The summed E-state index contributed by atoms with van der Waals surface area (Å²) in [5.41, 5.74) is 0. The fourth-order valence-corrected chi connectivity index (χ4v) is 2.34. The van der Waals surface area contributed by atoms with Crippen LogP contribution in [-0.4, -0.2) is 44.0 Å². The fourth-order valence-electron chi connectivity index (χ4n) is 2.34. The molecule has 16 heavy (non-hydrogen) atoms. The maximum Gasteiger partial charge on any atom is 0.137 e. The van der Waals surface area contributed by atoms with Crippen LogP contribution in [0.2, 0.25) is 0 Å². The van der Waals surface area contributed by atoms with Crippen molar-refractivity contribution in [1.82, 2.24) is 4.90 Å². The molecule has 2 unspecified atom stereocenters. The molecule has 3 nitrogen and oxygen atoms in total. The highest BCUT2D eigenvalue weighted by Gasteiger charge is 2.26. The molecule has 0 heterocycles. The Balaban J connectivity index is 2.25. The van der Waals surface area contributed by atoms with Crippen molar-refractivity contribution in [2.45, 2.75) is 33.1 Å². The van der Waals surface area contributed by atoms with Crippen LogP contribution >= 0.6 is 0 Å². The molecule has 0 N–H and O–H groups in total. The highest BCUT2D eigenvalue weighted by Crippen LogP contribution is 2.26. The number of ketones is 1. The molecule has 1 fully saturated rings. The van der Waals surface area contributed by atoms with Crippen molar-refractivity contribution in [1.29, 1.82) is 0 Å². The van der Waals surface area contributed by atoms with Crippen molar-refractivity contribution >= 4 is 5.78 Å². The second-order valence-corrected chi connectivity index (χ2v) is 5.00. The van der Waals surface area contributed by atoms with Crippen molar-refractivity contribution in [2.75, 3.05) is 33.4 Å². The van der Waals surface area contributed by atoms with E-state index in [4.69, 9.17) is 4.74 Å². The molecule has 0 bridgehead atoms. The third-order valence-electron chi connectivity index (χ3n) is 3.38. The van der Waals surface area contributed by atoms with Gasteiger partial charge in [-0.2, -0.15) is 0 Å².